The van der Waals surface area contributed by atoms with E-state index in [1.807, 2.05) is 37.3 Å². The van der Waals surface area contributed by atoms with Gasteiger partial charge < -0.3 is 35.0 Å². The van der Waals surface area contributed by atoms with Crippen molar-refractivity contribution in [3.05, 3.63) is 64.2 Å². The maximum absolute atomic E-state index is 10.3. The first kappa shape index (κ1) is 28.4. The van der Waals surface area contributed by atoms with E-state index in [2.05, 4.69) is 4.89 Å². The van der Waals surface area contributed by atoms with Crippen LogP contribution in [0.3, 0.4) is 0 Å². The zero-order valence-corrected chi connectivity index (χ0v) is 19.9. The third-order valence-corrected chi connectivity index (χ3v) is 5.60. The molecular formula is C24H33ClO9. The third-order valence-electron chi connectivity index (χ3n) is 5.24. The fraction of sp³-hybridized carbons (Fsp3) is 0.500. The standard InChI is InChI=1S/C21H25ClO6.C3H8O3/c1-2-27-15-6-3-12(4-7-15)9-14-10-13(5-8-16(14)22)21-20(26)19(25)18(24)17(11-23)28-21;1-3(4)2-6-5/h3-8,10,17-21,23-26H,2,9,11H2,1H3;3-5H,2H2,1H3/t17-,18-,19+,20-,21+;3-/m11/s1. The number of aliphatic hydroxyl groups is 5. The van der Waals surface area contributed by atoms with Crippen molar-refractivity contribution in [2.75, 3.05) is 19.8 Å². The highest BCUT2D eigenvalue weighted by Gasteiger charge is 2.44. The Kier molecular flexibility index (Phi) is 11.7. The van der Waals surface area contributed by atoms with Gasteiger partial charge in [0.2, 0.25) is 0 Å². The van der Waals surface area contributed by atoms with Crippen LogP contribution in [0.5, 0.6) is 5.75 Å². The quantitative estimate of drug-likeness (QED) is 0.235. The van der Waals surface area contributed by atoms with E-state index in [1.165, 1.54) is 6.92 Å². The molecule has 0 unspecified atom stereocenters. The van der Waals surface area contributed by atoms with Gasteiger partial charge in [0.15, 0.2) is 0 Å². The lowest BCUT2D eigenvalue weighted by molar-refractivity contribution is -0.255. The minimum Gasteiger partial charge on any atom is -0.494 e. The van der Waals surface area contributed by atoms with Crippen LogP contribution in [0.25, 0.3) is 0 Å². The summed E-state index contributed by atoms with van der Waals surface area (Å²) in [6, 6.07) is 12.9. The summed E-state index contributed by atoms with van der Waals surface area (Å²) >= 11 is 6.35. The van der Waals surface area contributed by atoms with Crippen LogP contribution in [0.2, 0.25) is 5.02 Å². The fourth-order valence-electron chi connectivity index (χ4n) is 3.48. The summed E-state index contributed by atoms with van der Waals surface area (Å²) < 4.78 is 11.1. The minimum atomic E-state index is -1.42. The summed E-state index contributed by atoms with van der Waals surface area (Å²) in [5.41, 5.74) is 2.49. The first-order valence-corrected chi connectivity index (χ1v) is 11.3. The maximum atomic E-state index is 10.3. The number of benzene rings is 2. The molecule has 0 aliphatic carbocycles. The lowest BCUT2D eigenvalue weighted by atomic mass is 9.90. The summed E-state index contributed by atoms with van der Waals surface area (Å²) in [6.45, 7) is 3.58. The molecule has 9 nitrogen and oxygen atoms in total. The van der Waals surface area contributed by atoms with Crippen LogP contribution in [0.1, 0.15) is 36.6 Å². The van der Waals surface area contributed by atoms with Gasteiger partial charge in [0, 0.05) is 5.02 Å². The number of hydrogen-bond donors (Lipinski definition) is 6. The van der Waals surface area contributed by atoms with Gasteiger partial charge in [-0.2, -0.15) is 0 Å². The Labute approximate surface area is 203 Å². The van der Waals surface area contributed by atoms with E-state index in [4.69, 9.17) is 31.4 Å². The maximum Gasteiger partial charge on any atom is 0.119 e. The second kappa shape index (κ2) is 13.9. The van der Waals surface area contributed by atoms with Crippen LogP contribution in [-0.4, -0.2) is 81.1 Å². The zero-order chi connectivity index (χ0) is 25.3. The largest absolute Gasteiger partial charge is 0.494 e. The van der Waals surface area contributed by atoms with Crippen molar-refractivity contribution in [2.45, 2.75) is 56.9 Å². The predicted molar refractivity (Wildman–Crippen MR) is 125 cm³/mol. The highest BCUT2D eigenvalue weighted by atomic mass is 35.5. The van der Waals surface area contributed by atoms with E-state index in [-0.39, 0.29) is 6.61 Å². The van der Waals surface area contributed by atoms with Crippen molar-refractivity contribution < 1.29 is 45.2 Å². The summed E-state index contributed by atoms with van der Waals surface area (Å²) in [6.07, 6.45) is -5.96. The van der Waals surface area contributed by atoms with Gasteiger partial charge in [0.05, 0.1) is 19.3 Å². The predicted octanol–water partition coefficient (Wildman–Crippen LogP) is 1.70. The van der Waals surface area contributed by atoms with Crippen molar-refractivity contribution >= 4 is 11.6 Å². The molecule has 34 heavy (non-hydrogen) atoms. The van der Waals surface area contributed by atoms with Gasteiger partial charge in [-0.15, -0.1) is 0 Å². The van der Waals surface area contributed by atoms with Crippen molar-refractivity contribution in [3.63, 3.8) is 0 Å². The molecule has 0 spiro atoms. The van der Waals surface area contributed by atoms with Gasteiger partial charge in [0.25, 0.3) is 0 Å². The Bertz CT molecular complexity index is 860. The number of halogens is 1. The second-order valence-electron chi connectivity index (χ2n) is 8.00. The summed E-state index contributed by atoms with van der Waals surface area (Å²) in [4.78, 5) is 3.55. The lowest BCUT2D eigenvalue weighted by Gasteiger charge is -2.40. The normalized spacial score (nSPS) is 25.3. The highest BCUT2D eigenvalue weighted by Crippen LogP contribution is 2.34. The van der Waals surface area contributed by atoms with Crippen LogP contribution >= 0.6 is 11.6 Å². The molecule has 6 atom stereocenters. The Hall–Kier alpha value is -1.79. The monoisotopic (exact) mass is 500 g/mol. The highest BCUT2D eigenvalue weighted by molar-refractivity contribution is 6.31. The van der Waals surface area contributed by atoms with Crippen molar-refractivity contribution in [2.24, 2.45) is 0 Å². The van der Waals surface area contributed by atoms with E-state index in [1.54, 1.807) is 12.1 Å². The molecule has 190 valence electrons. The molecule has 2 aromatic carbocycles. The molecule has 0 bridgehead atoms. The van der Waals surface area contributed by atoms with Gasteiger partial charge in [0.1, 0.15) is 42.9 Å². The zero-order valence-electron chi connectivity index (χ0n) is 19.1. The SMILES string of the molecule is CCOc1ccc(Cc2cc([C@@H]3O[C@H](CO)[C@@H](O)[C@H](O)[C@H]3O)ccc2Cl)cc1.C[C@@H](O)COO. The molecule has 3 rings (SSSR count). The number of ether oxygens (including phenoxy) is 2. The van der Waals surface area contributed by atoms with Crippen LogP contribution in [-0.2, 0) is 16.0 Å². The Morgan fingerprint density at radius 3 is 2.24 bits per heavy atom. The lowest BCUT2D eigenvalue weighted by Crippen LogP contribution is -2.55. The average molecular weight is 501 g/mol. The summed E-state index contributed by atoms with van der Waals surface area (Å²) in [5, 5.41) is 56.1. The molecule has 0 amide bonds. The number of rotatable bonds is 8. The molecule has 0 saturated carbocycles. The summed E-state index contributed by atoms with van der Waals surface area (Å²) in [5.74, 6) is 0.799. The average Bonchev–Trinajstić information content (AvgIpc) is 2.81. The number of aliphatic hydroxyl groups excluding tert-OH is 5. The van der Waals surface area contributed by atoms with E-state index in [0.717, 1.165) is 16.9 Å². The van der Waals surface area contributed by atoms with Crippen LogP contribution in [0.4, 0.5) is 0 Å². The first-order chi connectivity index (χ1) is 16.2. The molecule has 10 heteroatoms. The second-order valence-corrected chi connectivity index (χ2v) is 8.41. The van der Waals surface area contributed by atoms with E-state index in [0.29, 0.717) is 23.6 Å². The topological polar surface area (TPSA) is 149 Å². The number of hydrogen-bond acceptors (Lipinski definition) is 9. The molecule has 0 aromatic heterocycles. The first-order valence-electron chi connectivity index (χ1n) is 11.0. The van der Waals surface area contributed by atoms with Crippen LogP contribution in [0, 0.1) is 0 Å². The van der Waals surface area contributed by atoms with E-state index < -0.39 is 43.2 Å². The van der Waals surface area contributed by atoms with E-state index >= 15 is 0 Å². The Morgan fingerprint density at radius 1 is 1.03 bits per heavy atom. The smallest absolute Gasteiger partial charge is 0.119 e. The molecule has 1 saturated heterocycles. The molecule has 1 aliphatic rings. The molecule has 1 heterocycles. The molecular weight excluding hydrogens is 468 g/mol. The Balaban J connectivity index is 0.000000604. The van der Waals surface area contributed by atoms with Gasteiger partial charge in [-0.3, -0.25) is 5.26 Å². The minimum absolute atomic E-state index is 0.0139. The van der Waals surface area contributed by atoms with E-state index in [9.17, 15) is 20.4 Å². The van der Waals surface area contributed by atoms with Crippen molar-refractivity contribution in [1.29, 1.82) is 0 Å². The van der Waals surface area contributed by atoms with Crippen LogP contribution in [0.15, 0.2) is 42.5 Å². The van der Waals surface area contributed by atoms with Gasteiger partial charge in [-0.25, -0.2) is 4.89 Å². The molecule has 2 aromatic rings. The molecule has 1 fully saturated rings. The van der Waals surface area contributed by atoms with Gasteiger partial charge >= 0.3 is 0 Å². The Morgan fingerprint density at radius 2 is 1.71 bits per heavy atom. The molecule has 0 radical (unpaired) electrons. The van der Waals surface area contributed by atoms with Crippen molar-refractivity contribution in [3.8, 4) is 5.75 Å². The van der Waals surface area contributed by atoms with Crippen molar-refractivity contribution in [1.82, 2.24) is 0 Å². The molecule has 1 aliphatic heterocycles. The van der Waals surface area contributed by atoms with Crippen LogP contribution < -0.4 is 4.74 Å². The third kappa shape index (κ3) is 7.88. The summed E-state index contributed by atoms with van der Waals surface area (Å²) in [7, 11) is 0. The molecule has 6 N–H and O–H groups in total. The fourth-order valence-corrected chi connectivity index (χ4v) is 3.67. The van der Waals surface area contributed by atoms with Gasteiger partial charge in [-0.05, 0) is 55.2 Å². The van der Waals surface area contributed by atoms with Gasteiger partial charge in [-0.1, -0.05) is 35.9 Å².